The molecule has 3 rings (SSSR count). The molecule has 4 nitrogen and oxygen atoms in total. The minimum atomic E-state index is -1.30. The summed E-state index contributed by atoms with van der Waals surface area (Å²) >= 11 is 0. The minimum Gasteiger partial charge on any atom is -0.619 e. The predicted molar refractivity (Wildman–Crippen MR) is 75.8 cm³/mol. The first-order valence-corrected chi connectivity index (χ1v) is 6.40. The van der Waals surface area contributed by atoms with Crippen molar-refractivity contribution in [1.82, 2.24) is 9.97 Å². The van der Waals surface area contributed by atoms with Crippen molar-refractivity contribution < 1.29 is 38.8 Å². The van der Waals surface area contributed by atoms with Crippen LogP contribution in [0.25, 0.3) is 11.3 Å². The molecule has 24 heavy (non-hydrogen) atoms. The Morgan fingerprint density at radius 2 is 1.83 bits per heavy atom. The largest absolute Gasteiger partial charge is 3.00 e. The van der Waals surface area contributed by atoms with Crippen molar-refractivity contribution in [3.05, 3.63) is 84.3 Å². The van der Waals surface area contributed by atoms with Crippen LogP contribution in [0, 0.1) is 23.8 Å². The van der Waals surface area contributed by atoms with E-state index in [-0.39, 0.29) is 31.4 Å². The molecule has 0 atom stereocenters. The molecule has 0 aliphatic heterocycles. The van der Waals surface area contributed by atoms with Gasteiger partial charge in [-0.1, -0.05) is 23.8 Å². The molecule has 0 aliphatic carbocycles. The number of carboxylic acids is 1. The molecule has 2 aromatic heterocycles. The number of halogens is 2. The molecule has 0 fully saturated rings. The van der Waals surface area contributed by atoms with Gasteiger partial charge in [0.15, 0.2) is 0 Å². The molecule has 3 aromatic rings. The van der Waals surface area contributed by atoms with Crippen LogP contribution >= 0.6 is 0 Å². The van der Waals surface area contributed by atoms with E-state index in [0.29, 0.717) is 5.69 Å². The zero-order chi connectivity index (χ0) is 16.7. The topological polar surface area (TPSA) is 65.9 Å². The number of hydrogen-bond acceptors (Lipinski definition) is 4. The van der Waals surface area contributed by atoms with Gasteiger partial charge in [-0.2, -0.15) is 12.1 Å². The number of hydrogen-bond donors (Lipinski definition) is 0. The summed E-state index contributed by atoms with van der Waals surface area (Å²) in [6.45, 7) is 0. The van der Waals surface area contributed by atoms with E-state index in [1.54, 1.807) is 30.5 Å². The Bertz CT molecular complexity index is 787. The van der Waals surface area contributed by atoms with Crippen LogP contribution in [0.3, 0.4) is 0 Å². The Morgan fingerprint density at radius 1 is 1.08 bits per heavy atom. The first kappa shape index (κ1) is 19.5. The van der Waals surface area contributed by atoms with E-state index in [1.807, 2.05) is 0 Å². The van der Waals surface area contributed by atoms with Crippen molar-refractivity contribution in [3.63, 3.8) is 0 Å². The van der Waals surface area contributed by atoms with Crippen LogP contribution in [0.4, 0.5) is 8.78 Å². The van der Waals surface area contributed by atoms with Gasteiger partial charge in [-0.05, 0) is 29.6 Å². The summed E-state index contributed by atoms with van der Waals surface area (Å²) in [5, 5.41) is 10.00. The molecule has 0 aliphatic rings. The number of rotatable bonds is 2. The van der Waals surface area contributed by atoms with E-state index in [2.05, 4.69) is 22.1 Å². The molecule has 0 bridgehead atoms. The zero-order valence-corrected chi connectivity index (χ0v) is 14.4. The SMILES string of the molecule is Fc1c[c-]c(-c2ccccn2)c(F)c1.O=C([O-])c1[c-]cccn1.[Ir+3]. The summed E-state index contributed by atoms with van der Waals surface area (Å²) in [6.07, 6.45) is 2.92. The second-order valence-corrected chi connectivity index (χ2v) is 4.17. The van der Waals surface area contributed by atoms with Crippen LogP contribution in [0.1, 0.15) is 10.5 Å². The van der Waals surface area contributed by atoms with E-state index in [1.165, 1.54) is 12.3 Å². The molecule has 7 heteroatoms. The van der Waals surface area contributed by atoms with Crippen molar-refractivity contribution in [1.29, 1.82) is 0 Å². The van der Waals surface area contributed by atoms with Gasteiger partial charge in [0, 0.05) is 17.8 Å². The Kier molecular flexibility index (Phi) is 7.82. The number of aromatic carboxylic acids is 1. The van der Waals surface area contributed by atoms with Crippen LogP contribution in [0.15, 0.2) is 54.9 Å². The summed E-state index contributed by atoms with van der Waals surface area (Å²) in [6, 6.07) is 15.0. The van der Waals surface area contributed by atoms with Crippen LogP contribution in [-0.2, 0) is 20.1 Å². The summed E-state index contributed by atoms with van der Waals surface area (Å²) in [5.74, 6) is -2.58. The fourth-order valence-electron chi connectivity index (χ4n) is 1.59. The number of benzene rings is 1. The van der Waals surface area contributed by atoms with Gasteiger partial charge < -0.3 is 14.9 Å². The molecule has 0 radical (unpaired) electrons. The minimum absolute atomic E-state index is 0. The molecule has 1 aromatic carbocycles. The van der Waals surface area contributed by atoms with Gasteiger partial charge in [0.05, 0.1) is 0 Å². The van der Waals surface area contributed by atoms with E-state index in [0.717, 1.165) is 12.1 Å². The molecule has 0 saturated carbocycles. The van der Waals surface area contributed by atoms with Crippen LogP contribution in [0.2, 0.25) is 0 Å². The quantitative estimate of drug-likeness (QED) is 0.503. The number of carboxylic acid groups (broad SMARTS) is 1. The Morgan fingerprint density at radius 3 is 2.33 bits per heavy atom. The van der Waals surface area contributed by atoms with Crippen LogP contribution < -0.4 is 5.11 Å². The average Bonchev–Trinajstić information content (AvgIpc) is 2.57. The number of carbonyl (C=O) groups excluding carboxylic acids is 1. The van der Waals surface area contributed by atoms with Gasteiger partial charge in [-0.3, -0.25) is 13.8 Å². The van der Waals surface area contributed by atoms with Gasteiger partial charge in [-0.15, -0.1) is 18.2 Å². The molecule has 0 spiro atoms. The normalized spacial score (nSPS) is 9.25. The van der Waals surface area contributed by atoms with E-state index >= 15 is 0 Å². The molecule has 2 heterocycles. The van der Waals surface area contributed by atoms with E-state index in [9.17, 15) is 18.7 Å². The monoisotopic (exact) mass is 504 g/mol. The van der Waals surface area contributed by atoms with Crippen LogP contribution in [-0.4, -0.2) is 15.9 Å². The molecule has 0 unspecified atom stereocenters. The summed E-state index contributed by atoms with van der Waals surface area (Å²) < 4.78 is 25.8. The molecule has 0 N–H and O–H groups in total. The molecule has 0 amide bonds. The van der Waals surface area contributed by atoms with Gasteiger partial charge in [0.2, 0.25) is 0 Å². The molecule has 122 valence electrons. The van der Waals surface area contributed by atoms with Gasteiger partial charge in [0.1, 0.15) is 0 Å². The standard InChI is InChI=1S/C11H6F2N.C6H4NO2.Ir/c12-8-4-5-9(10(13)7-8)11-3-1-2-6-14-11;8-6(9)5-3-1-2-4-7-5;/h1-4,6-7H;1-2,4H,(H,8,9);/q2*-1;+3/p-1. The van der Waals surface area contributed by atoms with Crippen molar-refractivity contribution in [2.45, 2.75) is 0 Å². The van der Waals surface area contributed by atoms with Gasteiger partial charge in [-0.25, -0.2) is 0 Å². The number of carbonyl (C=O) groups is 1. The predicted octanol–water partition coefficient (Wildman–Crippen LogP) is 2.07. The third kappa shape index (κ3) is 5.61. The Hall–Kier alpha value is -2.50. The van der Waals surface area contributed by atoms with Crippen molar-refractivity contribution in [3.8, 4) is 11.3 Å². The maximum Gasteiger partial charge on any atom is 3.00 e. The third-order valence-electron chi connectivity index (χ3n) is 2.58. The fraction of sp³-hybridized carbons (Fsp3) is 0. The summed E-state index contributed by atoms with van der Waals surface area (Å²) in [7, 11) is 0. The number of pyridine rings is 2. The van der Waals surface area contributed by atoms with Crippen molar-refractivity contribution in [2.24, 2.45) is 0 Å². The first-order valence-electron chi connectivity index (χ1n) is 6.40. The Balaban J connectivity index is 0.000000252. The van der Waals surface area contributed by atoms with E-state index < -0.39 is 17.6 Å². The second-order valence-electron chi connectivity index (χ2n) is 4.17. The zero-order valence-electron chi connectivity index (χ0n) is 12.0. The fourth-order valence-corrected chi connectivity index (χ4v) is 1.59. The maximum absolute atomic E-state index is 13.2. The average molecular weight is 503 g/mol. The number of nitrogens with zero attached hydrogens (tertiary/aromatic N) is 2. The van der Waals surface area contributed by atoms with Crippen LogP contribution in [0.5, 0.6) is 0 Å². The number of aromatic nitrogens is 2. The second kappa shape index (κ2) is 9.60. The first-order chi connectivity index (χ1) is 11.1. The van der Waals surface area contributed by atoms with Crippen molar-refractivity contribution in [2.75, 3.05) is 0 Å². The Labute approximate surface area is 150 Å². The molecular formula is C17H9F2IrN2O2. The summed E-state index contributed by atoms with van der Waals surface area (Å²) in [5.41, 5.74) is 0.481. The van der Waals surface area contributed by atoms with Gasteiger partial charge in [0.25, 0.3) is 0 Å². The summed E-state index contributed by atoms with van der Waals surface area (Å²) in [4.78, 5) is 17.4. The van der Waals surface area contributed by atoms with Crippen molar-refractivity contribution >= 4 is 5.97 Å². The van der Waals surface area contributed by atoms with E-state index in [4.69, 9.17) is 0 Å². The van der Waals surface area contributed by atoms with Gasteiger partial charge >= 0.3 is 20.1 Å². The molecular weight excluding hydrogens is 494 g/mol. The smallest absolute Gasteiger partial charge is 0.619 e. The molecule has 0 saturated heterocycles. The third-order valence-corrected chi connectivity index (χ3v) is 2.58. The maximum atomic E-state index is 13.2.